The summed E-state index contributed by atoms with van der Waals surface area (Å²) < 4.78 is 5.32. The van der Waals surface area contributed by atoms with Crippen molar-refractivity contribution in [3.05, 3.63) is 30.3 Å². The topological polar surface area (TPSA) is 67.4 Å². The van der Waals surface area contributed by atoms with E-state index in [9.17, 15) is 9.59 Å². The summed E-state index contributed by atoms with van der Waals surface area (Å²) in [5.41, 5.74) is -0.218. The molecular weight excluding hydrogens is 292 g/mol. The number of carbonyl (C=O) groups excluding carboxylic acids is 2. The number of nitrogens with one attached hydrogen (secondary N) is 2. The van der Waals surface area contributed by atoms with Gasteiger partial charge in [0, 0.05) is 25.3 Å². The van der Waals surface area contributed by atoms with Crippen molar-refractivity contribution < 1.29 is 14.3 Å². The van der Waals surface area contributed by atoms with Gasteiger partial charge in [-0.25, -0.2) is 0 Å². The zero-order chi connectivity index (χ0) is 16.7. The summed E-state index contributed by atoms with van der Waals surface area (Å²) in [6, 6.07) is 9.24. The van der Waals surface area contributed by atoms with E-state index in [-0.39, 0.29) is 11.8 Å². The Kier molecular flexibility index (Phi) is 6.16. The predicted octanol–water partition coefficient (Wildman–Crippen LogP) is 2.73. The molecule has 1 heterocycles. The van der Waals surface area contributed by atoms with Crippen LogP contribution in [0, 0.1) is 5.92 Å². The van der Waals surface area contributed by atoms with Crippen LogP contribution in [0.25, 0.3) is 0 Å². The van der Waals surface area contributed by atoms with Gasteiger partial charge in [0.15, 0.2) is 0 Å². The number of para-hydroxylation sites is 1. The third-order valence-electron chi connectivity index (χ3n) is 4.17. The summed E-state index contributed by atoms with van der Waals surface area (Å²) in [6.45, 7) is 5.02. The van der Waals surface area contributed by atoms with Gasteiger partial charge in [-0.2, -0.15) is 0 Å². The van der Waals surface area contributed by atoms with Gasteiger partial charge in [0.2, 0.25) is 11.8 Å². The molecule has 0 aliphatic carbocycles. The van der Waals surface area contributed by atoms with Crippen molar-refractivity contribution in [1.29, 1.82) is 0 Å². The fourth-order valence-corrected chi connectivity index (χ4v) is 2.65. The van der Waals surface area contributed by atoms with E-state index >= 15 is 0 Å². The molecule has 1 aromatic rings. The standard InChI is InChI=1S/C18H26N2O3/c1-18(2,17(22)19-15-6-4-3-5-7-15)20-16(21)9-8-14-10-12-23-13-11-14/h3-7,14H,8-13H2,1-2H3,(H,19,22)(H,20,21). The largest absolute Gasteiger partial charge is 0.381 e. The van der Waals surface area contributed by atoms with Crippen LogP contribution in [0.15, 0.2) is 30.3 Å². The molecule has 23 heavy (non-hydrogen) atoms. The molecule has 1 saturated heterocycles. The Hall–Kier alpha value is -1.88. The normalized spacial score (nSPS) is 15.9. The number of hydrogen-bond acceptors (Lipinski definition) is 3. The lowest BCUT2D eigenvalue weighted by molar-refractivity contribution is -0.129. The number of hydrogen-bond donors (Lipinski definition) is 2. The van der Waals surface area contributed by atoms with Crippen molar-refractivity contribution in [2.45, 2.75) is 45.1 Å². The van der Waals surface area contributed by atoms with E-state index in [1.807, 2.05) is 30.3 Å². The molecule has 1 aromatic carbocycles. The molecule has 2 N–H and O–H groups in total. The molecule has 2 rings (SSSR count). The summed E-state index contributed by atoms with van der Waals surface area (Å²) in [5, 5.41) is 5.66. The van der Waals surface area contributed by atoms with Crippen LogP contribution in [0.4, 0.5) is 5.69 Å². The quantitative estimate of drug-likeness (QED) is 0.847. The molecule has 0 atom stereocenters. The Bertz CT molecular complexity index is 522. The van der Waals surface area contributed by atoms with Gasteiger partial charge in [-0.3, -0.25) is 9.59 Å². The highest BCUT2D eigenvalue weighted by molar-refractivity contribution is 5.99. The zero-order valence-electron chi connectivity index (χ0n) is 13.9. The molecule has 0 aromatic heterocycles. The highest BCUT2D eigenvalue weighted by Crippen LogP contribution is 2.20. The van der Waals surface area contributed by atoms with Crippen LogP contribution >= 0.6 is 0 Å². The second kappa shape index (κ2) is 8.11. The monoisotopic (exact) mass is 318 g/mol. The summed E-state index contributed by atoms with van der Waals surface area (Å²) in [5.74, 6) is 0.253. The van der Waals surface area contributed by atoms with E-state index in [2.05, 4.69) is 10.6 Å². The highest BCUT2D eigenvalue weighted by atomic mass is 16.5. The van der Waals surface area contributed by atoms with Crippen LogP contribution in [0.5, 0.6) is 0 Å². The smallest absolute Gasteiger partial charge is 0.249 e. The molecule has 0 radical (unpaired) electrons. The number of anilines is 1. The third-order valence-corrected chi connectivity index (χ3v) is 4.17. The average molecular weight is 318 g/mol. The second-order valence-corrected chi connectivity index (χ2v) is 6.59. The summed E-state index contributed by atoms with van der Waals surface area (Å²) >= 11 is 0. The highest BCUT2D eigenvalue weighted by Gasteiger charge is 2.29. The van der Waals surface area contributed by atoms with Crippen molar-refractivity contribution >= 4 is 17.5 Å². The lowest BCUT2D eigenvalue weighted by Crippen LogP contribution is -2.52. The van der Waals surface area contributed by atoms with E-state index in [1.165, 1.54) is 0 Å². The van der Waals surface area contributed by atoms with Crippen molar-refractivity contribution in [3.8, 4) is 0 Å². The number of ether oxygens (including phenoxy) is 1. The minimum Gasteiger partial charge on any atom is -0.381 e. The van der Waals surface area contributed by atoms with Crippen LogP contribution < -0.4 is 10.6 Å². The second-order valence-electron chi connectivity index (χ2n) is 6.59. The first kappa shape index (κ1) is 17.5. The maximum absolute atomic E-state index is 12.3. The van der Waals surface area contributed by atoms with E-state index in [4.69, 9.17) is 4.74 Å². The number of benzene rings is 1. The molecule has 0 bridgehead atoms. The maximum atomic E-state index is 12.3. The predicted molar refractivity (Wildman–Crippen MR) is 90.1 cm³/mol. The average Bonchev–Trinajstić information content (AvgIpc) is 2.54. The molecule has 1 fully saturated rings. The molecule has 1 aliphatic heterocycles. The van der Waals surface area contributed by atoms with Gasteiger partial charge in [0.25, 0.3) is 0 Å². The fraction of sp³-hybridized carbons (Fsp3) is 0.556. The van der Waals surface area contributed by atoms with Gasteiger partial charge in [0.05, 0.1) is 0 Å². The summed E-state index contributed by atoms with van der Waals surface area (Å²) in [7, 11) is 0. The molecule has 1 aliphatic rings. The van der Waals surface area contributed by atoms with Crippen molar-refractivity contribution in [2.24, 2.45) is 5.92 Å². The van der Waals surface area contributed by atoms with Crippen LogP contribution in [-0.2, 0) is 14.3 Å². The molecular formula is C18H26N2O3. The molecule has 0 spiro atoms. The van der Waals surface area contributed by atoms with Crippen LogP contribution in [0.1, 0.15) is 39.5 Å². The minimum absolute atomic E-state index is 0.0790. The van der Waals surface area contributed by atoms with E-state index in [0.29, 0.717) is 12.3 Å². The maximum Gasteiger partial charge on any atom is 0.249 e. The summed E-state index contributed by atoms with van der Waals surface area (Å²) in [4.78, 5) is 24.5. The first-order valence-corrected chi connectivity index (χ1v) is 8.22. The minimum atomic E-state index is -0.942. The van der Waals surface area contributed by atoms with Gasteiger partial charge >= 0.3 is 0 Å². The molecule has 0 saturated carbocycles. The van der Waals surface area contributed by atoms with Gasteiger partial charge < -0.3 is 15.4 Å². The first-order valence-electron chi connectivity index (χ1n) is 8.22. The molecule has 5 nitrogen and oxygen atoms in total. The zero-order valence-corrected chi connectivity index (χ0v) is 13.9. The lowest BCUT2D eigenvalue weighted by atomic mass is 9.94. The van der Waals surface area contributed by atoms with E-state index < -0.39 is 5.54 Å². The molecule has 0 unspecified atom stereocenters. The number of amides is 2. The number of carbonyl (C=O) groups is 2. The van der Waals surface area contributed by atoms with Gasteiger partial charge in [0.1, 0.15) is 5.54 Å². The van der Waals surface area contributed by atoms with Crippen LogP contribution in [0.2, 0.25) is 0 Å². The molecule has 126 valence electrons. The first-order chi connectivity index (χ1) is 11.0. The van der Waals surface area contributed by atoms with Gasteiger partial charge in [-0.15, -0.1) is 0 Å². The van der Waals surface area contributed by atoms with Gasteiger partial charge in [-0.1, -0.05) is 18.2 Å². The Morgan fingerprint density at radius 3 is 2.48 bits per heavy atom. The van der Waals surface area contributed by atoms with Crippen molar-refractivity contribution in [1.82, 2.24) is 5.32 Å². The van der Waals surface area contributed by atoms with Crippen molar-refractivity contribution in [3.63, 3.8) is 0 Å². The van der Waals surface area contributed by atoms with Crippen LogP contribution in [-0.4, -0.2) is 30.6 Å². The fourth-order valence-electron chi connectivity index (χ4n) is 2.65. The van der Waals surface area contributed by atoms with E-state index in [0.717, 1.165) is 38.2 Å². The third kappa shape index (κ3) is 5.67. The Labute approximate surface area is 137 Å². The van der Waals surface area contributed by atoms with Gasteiger partial charge in [-0.05, 0) is 51.2 Å². The summed E-state index contributed by atoms with van der Waals surface area (Å²) in [6.07, 6.45) is 3.34. The molecule has 2 amide bonds. The SMILES string of the molecule is CC(C)(NC(=O)CCC1CCOCC1)C(=O)Nc1ccccc1. The Morgan fingerprint density at radius 2 is 1.83 bits per heavy atom. The van der Waals surface area contributed by atoms with Crippen molar-refractivity contribution in [2.75, 3.05) is 18.5 Å². The Morgan fingerprint density at radius 1 is 1.17 bits per heavy atom. The van der Waals surface area contributed by atoms with E-state index in [1.54, 1.807) is 13.8 Å². The number of rotatable bonds is 6. The van der Waals surface area contributed by atoms with Crippen LogP contribution in [0.3, 0.4) is 0 Å². The Balaban J connectivity index is 1.79. The molecule has 5 heteroatoms. The lowest BCUT2D eigenvalue weighted by Gasteiger charge is -2.26.